The summed E-state index contributed by atoms with van der Waals surface area (Å²) in [6.45, 7) is 6.35. The van der Waals surface area contributed by atoms with Crippen LogP contribution in [0.2, 0.25) is 0 Å². The van der Waals surface area contributed by atoms with Crippen LogP contribution in [0.15, 0.2) is 84.0 Å². The second-order valence-corrected chi connectivity index (χ2v) is 8.59. The molecule has 1 atom stereocenters. The van der Waals surface area contributed by atoms with Crippen molar-refractivity contribution in [3.8, 4) is 11.5 Å². The fourth-order valence-corrected chi connectivity index (χ4v) is 4.34. The number of ether oxygens (including phenoxy) is 2. The van der Waals surface area contributed by atoms with Crippen LogP contribution in [-0.2, 0) is 5.54 Å². The summed E-state index contributed by atoms with van der Waals surface area (Å²) in [5, 5.41) is 6.59. The standard InChI is InChI=1S/C27H28N2O3/c1-26(2)24(19-11-15-22(31-4)16-12-19)28-29(25(30)20-9-7-6-8-10-20)27(26,3)21-13-17-23(32-5)18-14-21/h6-18H,1-5H3. The summed E-state index contributed by atoms with van der Waals surface area (Å²) in [5.74, 6) is 1.41. The molecule has 164 valence electrons. The molecule has 3 aromatic carbocycles. The minimum absolute atomic E-state index is 0.138. The van der Waals surface area contributed by atoms with E-state index in [9.17, 15) is 4.79 Å². The predicted molar refractivity (Wildman–Crippen MR) is 126 cm³/mol. The zero-order valence-electron chi connectivity index (χ0n) is 19.1. The molecule has 0 aromatic heterocycles. The third-order valence-electron chi connectivity index (χ3n) is 6.66. The third-order valence-corrected chi connectivity index (χ3v) is 6.66. The molecule has 1 amide bonds. The summed E-state index contributed by atoms with van der Waals surface area (Å²) in [6, 6.07) is 25.0. The van der Waals surface area contributed by atoms with Crippen LogP contribution in [0.4, 0.5) is 0 Å². The van der Waals surface area contributed by atoms with Crippen LogP contribution in [0.25, 0.3) is 0 Å². The first kappa shape index (κ1) is 21.6. The van der Waals surface area contributed by atoms with Crippen LogP contribution in [0.1, 0.15) is 42.3 Å². The van der Waals surface area contributed by atoms with E-state index in [0.717, 1.165) is 28.3 Å². The average Bonchev–Trinajstić information content (AvgIpc) is 3.05. The van der Waals surface area contributed by atoms with Gasteiger partial charge in [0.1, 0.15) is 11.5 Å². The third kappa shape index (κ3) is 3.34. The Balaban J connectivity index is 1.88. The Kier molecular flexibility index (Phi) is 5.51. The molecule has 0 saturated carbocycles. The van der Waals surface area contributed by atoms with Gasteiger partial charge in [-0.15, -0.1) is 0 Å². The van der Waals surface area contributed by atoms with Crippen molar-refractivity contribution in [2.24, 2.45) is 10.5 Å². The molecule has 4 rings (SSSR count). The van der Waals surface area contributed by atoms with E-state index < -0.39 is 11.0 Å². The smallest absolute Gasteiger partial charge is 0.274 e. The van der Waals surface area contributed by atoms with Crippen LogP contribution in [-0.4, -0.2) is 30.8 Å². The maximum atomic E-state index is 13.7. The molecule has 0 saturated heterocycles. The number of amides is 1. The van der Waals surface area contributed by atoms with E-state index in [1.54, 1.807) is 19.2 Å². The molecule has 1 unspecified atom stereocenters. The van der Waals surface area contributed by atoms with E-state index in [4.69, 9.17) is 14.6 Å². The van der Waals surface area contributed by atoms with Gasteiger partial charge in [-0.25, -0.2) is 5.01 Å². The van der Waals surface area contributed by atoms with Crippen LogP contribution < -0.4 is 9.47 Å². The van der Waals surface area contributed by atoms with Gasteiger partial charge < -0.3 is 9.47 Å². The average molecular weight is 429 g/mol. The molecule has 1 aliphatic heterocycles. The van der Waals surface area contributed by atoms with E-state index in [0.29, 0.717) is 5.56 Å². The monoisotopic (exact) mass is 428 g/mol. The minimum atomic E-state index is -0.721. The number of carbonyl (C=O) groups excluding carboxylic acids is 1. The summed E-state index contributed by atoms with van der Waals surface area (Å²) in [7, 11) is 3.29. The van der Waals surface area contributed by atoms with Gasteiger partial charge in [0.05, 0.1) is 25.5 Å². The molecule has 0 N–H and O–H groups in total. The highest BCUT2D eigenvalue weighted by Crippen LogP contribution is 2.52. The van der Waals surface area contributed by atoms with Gasteiger partial charge >= 0.3 is 0 Å². The zero-order valence-corrected chi connectivity index (χ0v) is 19.1. The topological polar surface area (TPSA) is 51.1 Å². The van der Waals surface area contributed by atoms with Crippen LogP contribution in [0.3, 0.4) is 0 Å². The van der Waals surface area contributed by atoms with Gasteiger partial charge in [-0.3, -0.25) is 4.79 Å². The lowest BCUT2D eigenvalue weighted by Crippen LogP contribution is -2.51. The Morgan fingerprint density at radius 2 is 1.31 bits per heavy atom. The van der Waals surface area contributed by atoms with E-state index in [-0.39, 0.29) is 5.91 Å². The summed E-state index contributed by atoms with van der Waals surface area (Å²) >= 11 is 0. The first-order valence-electron chi connectivity index (χ1n) is 10.6. The summed E-state index contributed by atoms with van der Waals surface area (Å²) in [6.07, 6.45) is 0. The molecule has 0 radical (unpaired) electrons. The lowest BCUT2D eigenvalue weighted by atomic mass is 9.66. The molecule has 1 aliphatic rings. The lowest BCUT2D eigenvalue weighted by Gasteiger charge is -2.43. The number of hydrogen-bond donors (Lipinski definition) is 0. The van der Waals surface area contributed by atoms with Crippen LogP contribution in [0, 0.1) is 5.41 Å². The second kappa shape index (κ2) is 8.15. The molecule has 3 aromatic rings. The van der Waals surface area contributed by atoms with Crippen LogP contribution in [0.5, 0.6) is 11.5 Å². The normalized spacial score (nSPS) is 19.4. The highest BCUT2D eigenvalue weighted by Gasteiger charge is 2.57. The Hall–Kier alpha value is -3.60. The fraction of sp³-hybridized carbons (Fsp3) is 0.259. The molecule has 32 heavy (non-hydrogen) atoms. The highest BCUT2D eigenvalue weighted by atomic mass is 16.5. The van der Waals surface area contributed by atoms with Gasteiger partial charge in [0.15, 0.2) is 0 Å². The van der Waals surface area contributed by atoms with Gasteiger partial charge in [0, 0.05) is 11.0 Å². The Labute approximate surface area is 189 Å². The minimum Gasteiger partial charge on any atom is -0.497 e. The van der Waals surface area contributed by atoms with Gasteiger partial charge in [-0.05, 0) is 66.6 Å². The first-order chi connectivity index (χ1) is 15.3. The predicted octanol–water partition coefficient (Wildman–Crippen LogP) is 5.51. The first-order valence-corrected chi connectivity index (χ1v) is 10.6. The Morgan fingerprint density at radius 1 is 0.781 bits per heavy atom. The van der Waals surface area contributed by atoms with Crippen molar-refractivity contribution < 1.29 is 14.3 Å². The van der Waals surface area contributed by atoms with Crippen molar-refractivity contribution in [1.82, 2.24) is 5.01 Å². The van der Waals surface area contributed by atoms with Gasteiger partial charge in [-0.1, -0.05) is 44.2 Å². The molecule has 0 fully saturated rings. The molecule has 0 aliphatic carbocycles. The van der Waals surface area contributed by atoms with Crippen LogP contribution >= 0.6 is 0 Å². The number of nitrogens with zero attached hydrogens (tertiary/aromatic N) is 2. The lowest BCUT2D eigenvalue weighted by molar-refractivity contribution is 0.0373. The van der Waals surface area contributed by atoms with Crippen molar-refractivity contribution in [2.45, 2.75) is 26.3 Å². The molecule has 1 heterocycles. The van der Waals surface area contributed by atoms with E-state index in [2.05, 4.69) is 20.8 Å². The van der Waals surface area contributed by atoms with Gasteiger partial charge in [-0.2, -0.15) is 5.10 Å². The molecule has 0 spiro atoms. The molecule has 5 heteroatoms. The number of rotatable bonds is 5. The quantitative estimate of drug-likeness (QED) is 0.539. The molecular formula is C27H28N2O3. The van der Waals surface area contributed by atoms with Crippen molar-refractivity contribution in [2.75, 3.05) is 14.2 Å². The van der Waals surface area contributed by atoms with Gasteiger partial charge in [0.25, 0.3) is 5.91 Å². The van der Waals surface area contributed by atoms with Crippen molar-refractivity contribution in [1.29, 1.82) is 0 Å². The number of benzene rings is 3. The largest absolute Gasteiger partial charge is 0.497 e. The Bertz CT molecular complexity index is 1140. The van der Waals surface area contributed by atoms with E-state index in [1.165, 1.54) is 0 Å². The maximum Gasteiger partial charge on any atom is 0.274 e. The SMILES string of the molecule is COc1ccc(C2=NN(C(=O)c3ccccc3)C(C)(c3ccc(OC)cc3)C2(C)C)cc1. The molecule has 0 bridgehead atoms. The summed E-state index contributed by atoms with van der Waals surface area (Å²) < 4.78 is 10.7. The maximum absolute atomic E-state index is 13.7. The van der Waals surface area contributed by atoms with Crippen molar-refractivity contribution in [3.63, 3.8) is 0 Å². The fourth-order valence-electron chi connectivity index (χ4n) is 4.34. The molecular weight excluding hydrogens is 400 g/mol. The van der Waals surface area contributed by atoms with Gasteiger partial charge in [0.2, 0.25) is 0 Å². The van der Waals surface area contributed by atoms with Crippen molar-refractivity contribution >= 4 is 11.6 Å². The van der Waals surface area contributed by atoms with E-state index >= 15 is 0 Å². The number of carbonyl (C=O) groups is 1. The number of hydrogen-bond acceptors (Lipinski definition) is 4. The molecule has 5 nitrogen and oxygen atoms in total. The highest BCUT2D eigenvalue weighted by molar-refractivity contribution is 6.09. The number of hydrazone groups is 1. The zero-order chi connectivity index (χ0) is 22.9. The summed E-state index contributed by atoms with van der Waals surface area (Å²) in [5.41, 5.74) is 2.19. The van der Waals surface area contributed by atoms with E-state index in [1.807, 2.05) is 78.9 Å². The Morgan fingerprint density at radius 3 is 1.84 bits per heavy atom. The summed E-state index contributed by atoms with van der Waals surface area (Å²) in [4.78, 5) is 13.7. The second-order valence-electron chi connectivity index (χ2n) is 8.59. The number of methoxy groups -OCH3 is 2. The van der Waals surface area contributed by atoms with Crippen molar-refractivity contribution in [3.05, 3.63) is 95.6 Å².